The molecule has 0 aliphatic carbocycles. The molecule has 0 aromatic heterocycles. The van der Waals surface area contributed by atoms with Gasteiger partial charge >= 0.3 is 6.61 Å². The Bertz CT molecular complexity index is 974. The van der Waals surface area contributed by atoms with Crippen molar-refractivity contribution in [1.82, 2.24) is 5.32 Å². The second-order valence-electron chi connectivity index (χ2n) is 6.03. The first-order valence-electron chi connectivity index (χ1n) is 8.36. The Morgan fingerprint density at radius 1 is 1.21 bits per heavy atom. The van der Waals surface area contributed by atoms with E-state index in [1.54, 1.807) is 12.1 Å². The number of amides is 1. The molecule has 2 aromatic rings. The minimum Gasteiger partial charge on any atom is -0.493 e. The maximum absolute atomic E-state index is 12.8. The van der Waals surface area contributed by atoms with Crippen LogP contribution in [0, 0.1) is 13.8 Å². The predicted octanol–water partition coefficient (Wildman–Crippen LogP) is 4.81. The van der Waals surface area contributed by atoms with E-state index in [4.69, 9.17) is 4.74 Å². The van der Waals surface area contributed by atoms with E-state index in [0.717, 1.165) is 28.6 Å². The van der Waals surface area contributed by atoms with Crippen molar-refractivity contribution in [1.29, 1.82) is 0 Å². The molecule has 5 nitrogen and oxygen atoms in total. The van der Waals surface area contributed by atoms with Gasteiger partial charge in [0, 0.05) is 5.56 Å². The molecule has 1 amide bonds. The van der Waals surface area contributed by atoms with E-state index in [0.29, 0.717) is 15.6 Å². The number of hydrogen-bond donors (Lipinski definition) is 1. The summed E-state index contributed by atoms with van der Waals surface area (Å²) >= 11 is 1.13. The number of amidine groups is 1. The standard InChI is InChI=1S/C20H18F2N2O3S/c1-11-7-8-14(12(2)9-11)23-20-24-18(25)16(28-20)10-13-5-4-6-15(26-3)17(13)27-19(21)22/h4-10,19H,1-3H3,(H,23,24,25)/b16-10-. The number of ether oxygens (including phenoxy) is 2. The molecule has 1 heterocycles. The SMILES string of the molecule is COc1cccc(/C=C2\SC(=Nc3ccc(C)cc3C)NC2=O)c1OC(F)F. The minimum atomic E-state index is -3.01. The lowest BCUT2D eigenvalue weighted by atomic mass is 10.1. The number of rotatable bonds is 5. The van der Waals surface area contributed by atoms with Gasteiger partial charge in [-0.1, -0.05) is 29.8 Å². The fourth-order valence-electron chi connectivity index (χ4n) is 2.68. The first-order valence-corrected chi connectivity index (χ1v) is 9.17. The second-order valence-corrected chi connectivity index (χ2v) is 7.06. The topological polar surface area (TPSA) is 59.9 Å². The Kier molecular flexibility index (Phi) is 5.99. The van der Waals surface area contributed by atoms with Crippen molar-refractivity contribution in [2.24, 2.45) is 4.99 Å². The first-order chi connectivity index (χ1) is 13.4. The molecule has 0 unspecified atom stereocenters. The normalized spacial score (nSPS) is 16.7. The lowest BCUT2D eigenvalue weighted by Crippen LogP contribution is -2.19. The Labute approximate surface area is 165 Å². The zero-order valence-corrected chi connectivity index (χ0v) is 16.3. The first kappa shape index (κ1) is 19.9. The zero-order chi connectivity index (χ0) is 20.3. The summed E-state index contributed by atoms with van der Waals surface area (Å²) in [5.74, 6) is -0.331. The van der Waals surface area contributed by atoms with E-state index in [1.165, 1.54) is 19.3 Å². The summed E-state index contributed by atoms with van der Waals surface area (Å²) in [5, 5.41) is 3.11. The minimum absolute atomic E-state index is 0.124. The van der Waals surface area contributed by atoms with Crippen molar-refractivity contribution in [3.8, 4) is 11.5 Å². The Morgan fingerprint density at radius 3 is 2.68 bits per heavy atom. The number of nitrogens with zero attached hydrogens (tertiary/aromatic N) is 1. The summed E-state index contributed by atoms with van der Waals surface area (Å²) in [6.07, 6.45) is 1.48. The van der Waals surface area contributed by atoms with Crippen LogP contribution in [0.4, 0.5) is 14.5 Å². The van der Waals surface area contributed by atoms with Crippen molar-refractivity contribution in [2.75, 3.05) is 7.11 Å². The molecule has 1 aliphatic rings. The fourth-order valence-corrected chi connectivity index (χ4v) is 3.51. The highest BCUT2D eigenvalue weighted by molar-refractivity contribution is 8.18. The van der Waals surface area contributed by atoms with Gasteiger partial charge < -0.3 is 14.8 Å². The second kappa shape index (κ2) is 8.43. The number of carbonyl (C=O) groups is 1. The molecule has 0 radical (unpaired) electrons. The number of benzene rings is 2. The number of para-hydroxylation sites is 1. The van der Waals surface area contributed by atoms with Gasteiger partial charge in [0.05, 0.1) is 17.7 Å². The molecule has 2 aromatic carbocycles. The number of thioether (sulfide) groups is 1. The smallest absolute Gasteiger partial charge is 0.387 e. The van der Waals surface area contributed by atoms with E-state index in [9.17, 15) is 13.6 Å². The number of alkyl halides is 2. The molecule has 0 bridgehead atoms. The molecule has 0 atom stereocenters. The van der Waals surface area contributed by atoms with Crippen LogP contribution in [0.1, 0.15) is 16.7 Å². The van der Waals surface area contributed by atoms with Crippen molar-refractivity contribution < 1.29 is 23.0 Å². The van der Waals surface area contributed by atoms with Crippen LogP contribution < -0.4 is 14.8 Å². The van der Waals surface area contributed by atoms with Crippen LogP contribution in [0.5, 0.6) is 11.5 Å². The Hall–Kier alpha value is -2.87. The third kappa shape index (κ3) is 4.51. The number of aliphatic imine (C=N–C) groups is 1. The third-order valence-electron chi connectivity index (χ3n) is 3.95. The van der Waals surface area contributed by atoms with E-state index in [-0.39, 0.29) is 17.4 Å². The van der Waals surface area contributed by atoms with Crippen LogP contribution in [0.15, 0.2) is 46.3 Å². The summed E-state index contributed by atoms with van der Waals surface area (Å²) in [6.45, 7) is 0.916. The highest BCUT2D eigenvalue weighted by Gasteiger charge is 2.25. The number of nitrogens with one attached hydrogen (secondary N) is 1. The fraction of sp³-hybridized carbons (Fsp3) is 0.200. The molecule has 0 saturated carbocycles. The van der Waals surface area contributed by atoms with Crippen LogP contribution in [0.3, 0.4) is 0 Å². The van der Waals surface area contributed by atoms with Crippen LogP contribution in [0.2, 0.25) is 0 Å². The van der Waals surface area contributed by atoms with E-state index >= 15 is 0 Å². The molecule has 8 heteroatoms. The van der Waals surface area contributed by atoms with Crippen LogP contribution in [-0.2, 0) is 4.79 Å². The zero-order valence-electron chi connectivity index (χ0n) is 15.5. The Morgan fingerprint density at radius 2 is 2.00 bits per heavy atom. The van der Waals surface area contributed by atoms with Gasteiger partial charge in [-0.25, -0.2) is 4.99 Å². The monoisotopic (exact) mass is 404 g/mol. The van der Waals surface area contributed by atoms with Gasteiger partial charge in [0.15, 0.2) is 16.7 Å². The Balaban J connectivity index is 1.92. The average Bonchev–Trinajstić information content (AvgIpc) is 2.97. The van der Waals surface area contributed by atoms with Crippen LogP contribution >= 0.6 is 11.8 Å². The number of aryl methyl sites for hydroxylation is 2. The van der Waals surface area contributed by atoms with Crippen LogP contribution in [-0.4, -0.2) is 24.8 Å². The summed E-state index contributed by atoms with van der Waals surface area (Å²) in [5.41, 5.74) is 3.16. The van der Waals surface area contributed by atoms with Gasteiger partial charge in [-0.2, -0.15) is 8.78 Å². The van der Waals surface area contributed by atoms with Crippen molar-refractivity contribution in [2.45, 2.75) is 20.5 Å². The largest absolute Gasteiger partial charge is 0.493 e. The maximum Gasteiger partial charge on any atom is 0.387 e. The van der Waals surface area contributed by atoms with E-state index in [1.807, 2.05) is 32.0 Å². The number of carbonyl (C=O) groups excluding carboxylic acids is 1. The van der Waals surface area contributed by atoms with Crippen molar-refractivity contribution in [3.05, 3.63) is 58.0 Å². The summed E-state index contributed by atoms with van der Waals surface area (Å²) in [4.78, 5) is 17.1. The van der Waals surface area contributed by atoms with Crippen molar-refractivity contribution in [3.63, 3.8) is 0 Å². The van der Waals surface area contributed by atoms with Gasteiger partial charge in [-0.3, -0.25) is 4.79 Å². The molecule has 3 rings (SSSR count). The summed E-state index contributed by atoms with van der Waals surface area (Å²) in [6, 6.07) is 10.5. The van der Waals surface area contributed by atoms with Crippen LogP contribution in [0.25, 0.3) is 6.08 Å². The van der Waals surface area contributed by atoms with Gasteiger partial charge in [0.2, 0.25) is 0 Å². The van der Waals surface area contributed by atoms with E-state index in [2.05, 4.69) is 15.0 Å². The van der Waals surface area contributed by atoms with Gasteiger partial charge in [0.25, 0.3) is 5.91 Å². The van der Waals surface area contributed by atoms with Crippen molar-refractivity contribution >= 4 is 34.6 Å². The van der Waals surface area contributed by atoms with E-state index < -0.39 is 6.61 Å². The molecule has 146 valence electrons. The molecule has 1 saturated heterocycles. The molecule has 1 fully saturated rings. The van der Waals surface area contributed by atoms with Gasteiger partial charge in [-0.15, -0.1) is 0 Å². The molecular formula is C20H18F2N2O3S. The molecule has 28 heavy (non-hydrogen) atoms. The highest BCUT2D eigenvalue weighted by Crippen LogP contribution is 2.36. The quantitative estimate of drug-likeness (QED) is 0.727. The number of methoxy groups -OCH3 is 1. The molecule has 1 aliphatic heterocycles. The molecular weight excluding hydrogens is 386 g/mol. The highest BCUT2D eigenvalue weighted by atomic mass is 32.2. The lowest BCUT2D eigenvalue weighted by Gasteiger charge is -2.12. The van der Waals surface area contributed by atoms with Gasteiger partial charge in [0.1, 0.15) is 0 Å². The maximum atomic E-state index is 12.8. The summed E-state index contributed by atoms with van der Waals surface area (Å²) < 4.78 is 35.2. The number of halogens is 2. The lowest BCUT2D eigenvalue weighted by molar-refractivity contribution is -0.115. The summed E-state index contributed by atoms with van der Waals surface area (Å²) in [7, 11) is 1.36. The predicted molar refractivity (Wildman–Crippen MR) is 106 cm³/mol. The molecule has 0 spiro atoms. The third-order valence-corrected chi connectivity index (χ3v) is 4.86. The van der Waals surface area contributed by atoms with Gasteiger partial charge in [-0.05, 0) is 49.4 Å². The molecule has 1 N–H and O–H groups in total. The number of hydrogen-bond acceptors (Lipinski definition) is 5. The average molecular weight is 404 g/mol.